The number of hydrogen-bond acceptors (Lipinski definition) is 0. The van der Waals surface area contributed by atoms with Gasteiger partial charge in [0.05, 0.1) is 5.38 Å². The predicted octanol–water partition coefficient (Wildman–Crippen LogP) is 6.88. The molecule has 5 rings (SSSR count). The van der Waals surface area contributed by atoms with Crippen LogP contribution in [-0.2, 0) is 0 Å². The van der Waals surface area contributed by atoms with Gasteiger partial charge in [0.2, 0.25) is 0 Å². The van der Waals surface area contributed by atoms with Gasteiger partial charge < -0.3 is 0 Å². The standard InChI is InChI=1S/C18H21Cl3/c19-14-1-2-16(20)15(6-14)17(21)10-18-7-11-3-12(8-18)5-13(4-11)9-18/h1-2,6,11-13,17H,3-5,7-10H2. The van der Waals surface area contributed by atoms with E-state index >= 15 is 0 Å². The van der Waals surface area contributed by atoms with E-state index in [0.717, 1.165) is 39.8 Å². The molecule has 0 saturated heterocycles. The summed E-state index contributed by atoms with van der Waals surface area (Å²) in [6.07, 6.45) is 9.66. The first-order valence-electron chi connectivity index (χ1n) is 8.12. The van der Waals surface area contributed by atoms with E-state index in [-0.39, 0.29) is 5.38 Å². The molecule has 4 aliphatic carbocycles. The van der Waals surface area contributed by atoms with Gasteiger partial charge in [-0.15, -0.1) is 11.6 Å². The molecule has 1 aromatic rings. The van der Waals surface area contributed by atoms with E-state index in [2.05, 4.69) is 0 Å². The van der Waals surface area contributed by atoms with Crippen molar-refractivity contribution in [3.63, 3.8) is 0 Å². The summed E-state index contributed by atoms with van der Waals surface area (Å²) < 4.78 is 0. The minimum atomic E-state index is -0.00699. The van der Waals surface area contributed by atoms with Crippen LogP contribution in [0.3, 0.4) is 0 Å². The Balaban J connectivity index is 1.56. The number of alkyl halides is 1. The maximum atomic E-state index is 6.78. The molecule has 3 heteroatoms. The highest BCUT2D eigenvalue weighted by atomic mass is 35.5. The molecule has 114 valence electrons. The lowest BCUT2D eigenvalue weighted by Gasteiger charge is -2.57. The summed E-state index contributed by atoms with van der Waals surface area (Å²) >= 11 is 19.2. The summed E-state index contributed by atoms with van der Waals surface area (Å²) in [6.45, 7) is 0. The van der Waals surface area contributed by atoms with Crippen LogP contribution in [0.1, 0.15) is 55.9 Å². The highest BCUT2D eigenvalue weighted by Crippen LogP contribution is 2.63. The molecule has 21 heavy (non-hydrogen) atoms. The monoisotopic (exact) mass is 342 g/mol. The summed E-state index contributed by atoms with van der Waals surface area (Å²) in [7, 11) is 0. The highest BCUT2D eigenvalue weighted by molar-refractivity contribution is 6.34. The predicted molar refractivity (Wildman–Crippen MR) is 90.3 cm³/mol. The van der Waals surface area contributed by atoms with Gasteiger partial charge in [0, 0.05) is 10.0 Å². The van der Waals surface area contributed by atoms with Crippen molar-refractivity contribution in [3.05, 3.63) is 33.8 Å². The molecule has 0 N–H and O–H groups in total. The third kappa shape index (κ3) is 2.73. The number of benzene rings is 1. The fourth-order valence-electron chi connectivity index (χ4n) is 5.78. The van der Waals surface area contributed by atoms with Gasteiger partial charge in [-0.05, 0) is 91.9 Å². The van der Waals surface area contributed by atoms with E-state index in [1.54, 1.807) is 0 Å². The molecule has 0 amide bonds. The van der Waals surface area contributed by atoms with Crippen LogP contribution in [0.2, 0.25) is 10.0 Å². The molecule has 0 radical (unpaired) electrons. The van der Waals surface area contributed by atoms with Crippen LogP contribution in [0.5, 0.6) is 0 Å². The molecular weight excluding hydrogens is 323 g/mol. The number of halogens is 3. The van der Waals surface area contributed by atoms with E-state index < -0.39 is 0 Å². The van der Waals surface area contributed by atoms with Crippen LogP contribution in [0.4, 0.5) is 0 Å². The SMILES string of the molecule is Clc1ccc(Cl)c(C(Cl)CC23CC4CC(CC(C4)C2)C3)c1. The van der Waals surface area contributed by atoms with Crippen LogP contribution in [0.15, 0.2) is 18.2 Å². The van der Waals surface area contributed by atoms with Gasteiger partial charge in [0.1, 0.15) is 0 Å². The van der Waals surface area contributed by atoms with Crippen LogP contribution in [0.25, 0.3) is 0 Å². The first kappa shape index (κ1) is 14.7. The average Bonchev–Trinajstić information content (AvgIpc) is 2.39. The van der Waals surface area contributed by atoms with Crippen molar-refractivity contribution >= 4 is 34.8 Å². The third-order valence-electron chi connectivity index (χ3n) is 6.07. The maximum Gasteiger partial charge on any atom is 0.0605 e. The van der Waals surface area contributed by atoms with E-state index in [0.29, 0.717) is 5.41 Å². The van der Waals surface area contributed by atoms with E-state index in [1.165, 1.54) is 38.5 Å². The van der Waals surface area contributed by atoms with Gasteiger partial charge in [-0.1, -0.05) is 23.2 Å². The van der Waals surface area contributed by atoms with Crippen molar-refractivity contribution in [2.75, 3.05) is 0 Å². The summed E-state index contributed by atoms with van der Waals surface area (Å²) in [5.74, 6) is 2.90. The van der Waals surface area contributed by atoms with E-state index in [4.69, 9.17) is 34.8 Å². The van der Waals surface area contributed by atoms with Crippen molar-refractivity contribution in [1.82, 2.24) is 0 Å². The first-order chi connectivity index (χ1) is 10.0. The number of rotatable bonds is 3. The Bertz CT molecular complexity index is 516. The minimum absolute atomic E-state index is 0.00699. The molecule has 4 bridgehead atoms. The van der Waals surface area contributed by atoms with Gasteiger partial charge in [-0.25, -0.2) is 0 Å². The zero-order chi connectivity index (χ0) is 14.6. The summed E-state index contributed by atoms with van der Waals surface area (Å²) in [4.78, 5) is 0. The average molecular weight is 344 g/mol. The van der Waals surface area contributed by atoms with Crippen molar-refractivity contribution < 1.29 is 0 Å². The Morgan fingerprint density at radius 1 is 1.00 bits per heavy atom. The summed E-state index contributed by atoms with van der Waals surface area (Å²) in [6, 6.07) is 5.65. The second-order valence-corrected chi connectivity index (χ2v) is 9.13. The molecule has 0 nitrogen and oxygen atoms in total. The van der Waals surface area contributed by atoms with Crippen molar-refractivity contribution in [2.45, 2.75) is 50.3 Å². The highest BCUT2D eigenvalue weighted by Gasteiger charge is 2.51. The molecule has 1 unspecified atom stereocenters. The zero-order valence-corrected chi connectivity index (χ0v) is 14.4. The fraction of sp³-hybridized carbons (Fsp3) is 0.667. The molecule has 1 aromatic carbocycles. The molecule has 0 aliphatic heterocycles. The summed E-state index contributed by atoms with van der Waals surface area (Å²) in [5.41, 5.74) is 1.49. The minimum Gasteiger partial charge on any atom is -0.118 e. The van der Waals surface area contributed by atoms with Crippen molar-refractivity contribution in [3.8, 4) is 0 Å². The second-order valence-electron chi connectivity index (χ2n) is 7.76. The Labute approximate surface area is 142 Å². The Morgan fingerprint density at radius 3 is 2.14 bits per heavy atom. The lowest BCUT2D eigenvalue weighted by Crippen LogP contribution is -2.46. The third-order valence-corrected chi connectivity index (χ3v) is 7.04. The van der Waals surface area contributed by atoms with Crippen LogP contribution >= 0.6 is 34.8 Å². The normalized spacial score (nSPS) is 38.7. The molecule has 4 fully saturated rings. The Morgan fingerprint density at radius 2 is 1.57 bits per heavy atom. The lowest BCUT2D eigenvalue weighted by molar-refractivity contribution is -0.0576. The van der Waals surface area contributed by atoms with Crippen molar-refractivity contribution in [1.29, 1.82) is 0 Å². The molecule has 4 aliphatic rings. The molecule has 1 atom stereocenters. The van der Waals surface area contributed by atoms with Crippen LogP contribution in [0, 0.1) is 23.2 Å². The van der Waals surface area contributed by atoms with Gasteiger partial charge >= 0.3 is 0 Å². The van der Waals surface area contributed by atoms with Gasteiger partial charge in [0.25, 0.3) is 0 Å². The smallest absolute Gasteiger partial charge is 0.0605 e. The van der Waals surface area contributed by atoms with Crippen LogP contribution in [-0.4, -0.2) is 0 Å². The molecule has 0 spiro atoms. The fourth-order valence-corrected chi connectivity index (χ4v) is 6.78. The maximum absolute atomic E-state index is 6.78. The lowest BCUT2D eigenvalue weighted by atomic mass is 9.48. The van der Waals surface area contributed by atoms with Gasteiger partial charge in [-0.3, -0.25) is 0 Å². The zero-order valence-electron chi connectivity index (χ0n) is 12.1. The van der Waals surface area contributed by atoms with Gasteiger partial charge in [-0.2, -0.15) is 0 Å². The van der Waals surface area contributed by atoms with E-state index in [9.17, 15) is 0 Å². The largest absolute Gasteiger partial charge is 0.118 e. The molecule has 0 aromatic heterocycles. The van der Waals surface area contributed by atoms with Gasteiger partial charge in [0.15, 0.2) is 0 Å². The number of hydrogen-bond donors (Lipinski definition) is 0. The Hall–Kier alpha value is 0.0900. The molecular formula is C18H21Cl3. The second kappa shape index (κ2) is 5.32. The topological polar surface area (TPSA) is 0 Å². The molecule has 0 heterocycles. The van der Waals surface area contributed by atoms with Crippen LogP contribution < -0.4 is 0 Å². The van der Waals surface area contributed by atoms with Crippen molar-refractivity contribution in [2.24, 2.45) is 23.2 Å². The Kier molecular flexibility index (Phi) is 3.72. The summed E-state index contributed by atoms with van der Waals surface area (Å²) in [5, 5.41) is 1.47. The molecule has 4 saturated carbocycles. The first-order valence-corrected chi connectivity index (χ1v) is 9.31. The quantitative estimate of drug-likeness (QED) is 0.525. The van der Waals surface area contributed by atoms with E-state index in [1.807, 2.05) is 18.2 Å².